The number of hydrogen-bond donors (Lipinski definition) is 2. The normalized spacial score (nSPS) is 9.75. The second kappa shape index (κ2) is 8.38. The fraction of sp³-hybridized carbons (Fsp3) is 0.444. The first-order valence-corrected chi connectivity index (χ1v) is 6.71. The van der Waals surface area contributed by atoms with E-state index in [1.807, 2.05) is 0 Å². The molecule has 0 aliphatic heterocycles. The highest BCUT2D eigenvalue weighted by Gasteiger charge is 2.09. The van der Waals surface area contributed by atoms with E-state index < -0.39 is 12.1 Å². The zero-order valence-corrected chi connectivity index (χ0v) is 12.2. The number of nitrogens with one attached hydrogen (secondary N) is 2. The predicted octanol–water partition coefficient (Wildman–Crippen LogP) is 0.863. The van der Waals surface area contributed by atoms with Crippen LogP contribution in [0.1, 0.15) is 6.92 Å². The number of halogens is 1. The van der Waals surface area contributed by atoms with E-state index in [9.17, 15) is 9.59 Å². The second-order valence-corrected chi connectivity index (χ2v) is 4.33. The minimum absolute atomic E-state index is 0.0155. The summed E-state index contributed by atoms with van der Waals surface area (Å²) in [5, 5.41) is 0.132. The summed E-state index contributed by atoms with van der Waals surface area (Å²) >= 11 is 6.73. The number of methoxy groups -OCH3 is 1. The van der Waals surface area contributed by atoms with Crippen LogP contribution in [-0.4, -0.2) is 46.5 Å². The van der Waals surface area contributed by atoms with Crippen LogP contribution in [0, 0.1) is 0 Å². The molecule has 0 bridgehead atoms. The van der Waals surface area contributed by atoms with Gasteiger partial charge in [0.2, 0.25) is 11.2 Å². The zero-order valence-electron chi connectivity index (χ0n) is 10.7. The number of carbonyl (C=O) groups excluding carboxylic acids is 2. The average Bonchev–Trinajstić information content (AvgIpc) is 2.42. The van der Waals surface area contributed by atoms with Crippen LogP contribution < -0.4 is 10.9 Å². The zero-order chi connectivity index (χ0) is 15.0. The first kappa shape index (κ1) is 16.2. The molecular formula is C9H12ClN5O4S. The van der Waals surface area contributed by atoms with Crippen molar-refractivity contribution in [3.63, 3.8) is 0 Å². The SMILES string of the molecule is CCOC(=O)CSc1nc(Cl)nc(NNC(=O)OC)n1. The van der Waals surface area contributed by atoms with Crippen LogP contribution in [0.15, 0.2) is 5.16 Å². The van der Waals surface area contributed by atoms with Gasteiger partial charge < -0.3 is 9.47 Å². The molecule has 0 aliphatic carbocycles. The van der Waals surface area contributed by atoms with Crippen LogP contribution in [0.4, 0.5) is 10.7 Å². The fourth-order valence-corrected chi connectivity index (χ4v) is 1.78. The third-order valence-electron chi connectivity index (χ3n) is 1.67. The molecule has 0 unspecified atom stereocenters. The van der Waals surface area contributed by atoms with Crippen LogP contribution in [0.2, 0.25) is 5.28 Å². The maximum atomic E-state index is 11.2. The number of anilines is 1. The summed E-state index contributed by atoms with van der Waals surface area (Å²) in [5.41, 5.74) is 4.55. The molecule has 2 N–H and O–H groups in total. The number of esters is 1. The molecule has 0 saturated heterocycles. The lowest BCUT2D eigenvalue weighted by Gasteiger charge is -2.07. The topological polar surface area (TPSA) is 115 Å². The lowest BCUT2D eigenvalue weighted by atomic mass is 10.8. The number of ether oxygens (including phenoxy) is 2. The van der Waals surface area contributed by atoms with Crippen LogP contribution in [0.25, 0.3) is 0 Å². The van der Waals surface area contributed by atoms with Gasteiger partial charge >= 0.3 is 12.1 Å². The molecule has 1 heterocycles. The predicted molar refractivity (Wildman–Crippen MR) is 71.4 cm³/mol. The molecule has 0 atom stereocenters. The van der Waals surface area contributed by atoms with Gasteiger partial charge in [0.1, 0.15) is 0 Å². The molecule has 11 heteroatoms. The van der Waals surface area contributed by atoms with Gasteiger partial charge in [-0.05, 0) is 18.5 Å². The molecule has 1 amide bonds. The van der Waals surface area contributed by atoms with Gasteiger partial charge in [-0.25, -0.2) is 10.2 Å². The van der Waals surface area contributed by atoms with Crippen LogP contribution >= 0.6 is 23.4 Å². The van der Waals surface area contributed by atoms with Crippen molar-refractivity contribution in [3.05, 3.63) is 5.28 Å². The Bertz CT molecular complexity index is 489. The van der Waals surface area contributed by atoms with E-state index in [0.717, 1.165) is 11.8 Å². The minimum atomic E-state index is -0.720. The Hall–Kier alpha value is -1.81. The van der Waals surface area contributed by atoms with Crippen LogP contribution in [-0.2, 0) is 14.3 Å². The van der Waals surface area contributed by atoms with Crippen molar-refractivity contribution in [3.8, 4) is 0 Å². The Morgan fingerprint density at radius 1 is 1.35 bits per heavy atom. The van der Waals surface area contributed by atoms with E-state index in [-0.39, 0.29) is 22.1 Å². The van der Waals surface area contributed by atoms with E-state index in [4.69, 9.17) is 16.3 Å². The van der Waals surface area contributed by atoms with E-state index in [2.05, 4.69) is 30.5 Å². The largest absolute Gasteiger partial charge is 0.465 e. The highest BCUT2D eigenvalue weighted by atomic mass is 35.5. The van der Waals surface area contributed by atoms with Crippen molar-refractivity contribution in [1.82, 2.24) is 20.4 Å². The summed E-state index contributed by atoms with van der Waals surface area (Å²) < 4.78 is 9.12. The minimum Gasteiger partial charge on any atom is -0.465 e. The Balaban J connectivity index is 2.61. The Morgan fingerprint density at radius 2 is 2.10 bits per heavy atom. The van der Waals surface area contributed by atoms with E-state index in [1.54, 1.807) is 6.92 Å². The van der Waals surface area contributed by atoms with E-state index >= 15 is 0 Å². The number of amides is 1. The molecule has 0 aromatic carbocycles. The number of nitrogens with zero attached hydrogens (tertiary/aromatic N) is 3. The fourth-order valence-electron chi connectivity index (χ4n) is 0.936. The van der Waals surface area contributed by atoms with Gasteiger partial charge in [-0.2, -0.15) is 15.0 Å². The van der Waals surface area contributed by atoms with Gasteiger partial charge in [0.05, 0.1) is 19.5 Å². The van der Waals surface area contributed by atoms with Crippen molar-refractivity contribution in [2.24, 2.45) is 0 Å². The quantitative estimate of drug-likeness (QED) is 0.447. The Labute approximate surface area is 123 Å². The summed E-state index contributed by atoms with van der Waals surface area (Å²) in [7, 11) is 1.21. The summed E-state index contributed by atoms with van der Waals surface area (Å²) in [6, 6.07) is 0. The Kier molecular flexibility index (Phi) is 6.81. The van der Waals surface area contributed by atoms with Gasteiger partial charge in [-0.15, -0.1) is 0 Å². The summed E-state index contributed by atoms with van der Waals surface area (Å²) in [6.07, 6.45) is -0.720. The molecule has 20 heavy (non-hydrogen) atoms. The van der Waals surface area contributed by atoms with Crippen LogP contribution in [0.5, 0.6) is 0 Å². The summed E-state index contributed by atoms with van der Waals surface area (Å²) in [6.45, 7) is 2.01. The first-order chi connectivity index (χ1) is 9.55. The van der Waals surface area contributed by atoms with Crippen molar-refractivity contribution in [1.29, 1.82) is 0 Å². The number of carbonyl (C=O) groups is 2. The lowest BCUT2D eigenvalue weighted by Crippen LogP contribution is -2.30. The lowest BCUT2D eigenvalue weighted by molar-refractivity contribution is -0.139. The molecule has 1 aromatic heterocycles. The average molecular weight is 322 g/mol. The maximum Gasteiger partial charge on any atom is 0.425 e. The monoisotopic (exact) mass is 321 g/mol. The van der Waals surface area contributed by atoms with Crippen molar-refractivity contribution >= 4 is 41.4 Å². The third kappa shape index (κ3) is 5.89. The molecule has 0 fully saturated rings. The molecule has 0 spiro atoms. The summed E-state index contributed by atoms with van der Waals surface area (Å²) in [4.78, 5) is 33.6. The Morgan fingerprint density at radius 3 is 2.75 bits per heavy atom. The number of aromatic nitrogens is 3. The molecule has 1 aromatic rings. The van der Waals surface area contributed by atoms with E-state index in [1.165, 1.54) is 7.11 Å². The number of hydrogen-bond acceptors (Lipinski definition) is 9. The van der Waals surface area contributed by atoms with Crippen molar-refractivity contribution in [2.45, 2.75) is 12.1 Å². The number of rotatable bonds is 6. The van der Waals surface area contributed by atoms with Crippen molar-refractivity contribution < 1.29 is 19.1 Å². The smallest absolute Gasteiger partial charge is 0.425 e. The molecule has 110 valence electrons. The highest BCUT2D eigenvalue weighted by molar-refractivity contribution is 7.99. The van der Waals surface area contributed by atoms with Gasteiger partial charge in [0.15, 0.2) is 5.16 Å². The molecular weight excluding hydrogens is 310 g/mol. The second-order valence-electron chi connectivity index (χ2n) is 3.05. The number of hydrazine groups is 1. The maximum absolute atomic E-state index is 11.2. The third-order valence-corrected chi connectivity index (χ3v) is 2.66. The molecule has 0 aliphatic rings. The van der Waals surface area contributed by atoms with Crippen molar-refractivity contribution in [2.75, 3.05) is 24.9 Å². The van der Waals surface area contributed by atoms with Gasteiger partial charge in [-0.1, -0.05) is 11.8 Å². The van der Waals surface area contributed by atoms with Gasteiger partial charge in [-0.3, -0.25) is 10.2 Å². The van der Waals surface area contributed by atoms with Crippen LogP contribution in [0.3, 0.4) is 0 Å². The first-order valence-electron chi connectivity index (χ1n) is 5.35. The van der Waals surface area contributed by atoms with Gasteiger partial charge in [0, 0.05) is 0 Å². The van der Waals surface area contributed by atoms with Gasteiger partial charge in [0.25, 0.3) is 0 Å². The number of thioether (sulfide) groups is 1. The highest BCUT2D eigenvalue weighted by Crippen LogP contribution is 2.16. The standard InChI is InChI=1S/C9H12ClN5O4S/c1-3-19-5(16)4-20-8-12-6(10)11-7(13-8)14-15-9(17)18-2/h3-4H2,1-2H3,(H,15,17)(H,11,12,13,14). The molecule has 1 rings (SSSR count). The molecule has 9 nitrogen and oxygen atoms in total. The molecule has 0 saturated carbocycles. The molecule has 0 radical (unpaired) electrons. The summed E-state index contributed by atoms with van der Waals surface area (Å²) in [5.74, 6) is -0.337. The van der Waals surface area contributed by atoms with E-state index in [0.29, 0.717) is 6.61 Å².